The van der Waals surface area contributed by atoms with Crippen LogP contribution in [0.4, 0.5) is 0 Å². The van der Waals surface area contributed by atoms with E-state index in [0.717, 1.165) is 24.8 Å². The van der Waals surface area contributed by atoms with Crippen LogP contribution in [0.2, 0.25) is 0 Å². The van der Waals surface area contributed by atoms with Crippen LogP contribution in [0.5, 0.6) is 0 Å². The van der Waals surface area contributed by atoms with E-state index in [2.05, 4.69) is 11.1 Å². The van der Waals surface area contributed by atoms with E-state index in [9.17, 15) is 8.42 Å². The van der Waals surface area contributed by atoms with Crippen molar-refractivity contribution in [2.75, 3.05) is 7.11 Å². The van der Waals surface area contributed by atoms with Gasteiger partial charge in [0.15, 0.2) is 0 Å². The number of hydrogen-bond donors (Lipinski definition) is 0. The van der Waals surface area contributed by atoms with Crippen molar-refractivity contribution in [3.8, 4) is 0 Å². The molecule has 0 aliphatic carbocycles. The molecule has 0 spiro atoms. The summed E-state index contributed by atoms with van der Waals surface area (Å²) in [7, 11) is -2.38. The fraction of sp³-hybridized carbons (Fsp3) is 0.684. The van der Waals surface area contributed by atoms with Gasteiger partial charge < -0.3 is 0 Å². The monoisotopic (exact) mass is 380 g/mol. The number of hydrogen-bond acceptors (Lipinski definition) is 3. The molecule has 0 saturated carbocycles. The fourth-order valence-electron chi connectivity index (χ4n) is 2.85. The van der Waals surface area contributed by atoms with Gasteiger partial charge in [-0.2, -0.15) is 8.42 Å². The molecule has 0 N–H and O–H groups in total. The summed E-state index contributed by atoms with van der Waals surface area (Å²) in [5.41, 5.74) is 0.869. The van der Waals surface area contributed by atoms with Gasteiger partial charge in [0.05, 0.1) is 12.0 Å². The number of rotatable bonds is 13. The predicted octanol–water partition coefficient (Wildman–Crippen LogP) is 5.10. The first kappa shape index (κ1) is 24.4. The minimum atomic E-state index is -3.59. The van der Waals surface area contributed by atoms with Gasteiger partial charge in [-0.25, -0.2) is 0 Å². The van der Waals surface area contributed by atoms with Gasteiger partial charge in [-0.1, -0.05) is 82.9 Å². The summed E-state index contributed by atoms with van der Waals surface area (Å²) < 4.78 is 28.4. The van der Waals surface area contributed by atoms with E-state index in [1.807, 2.05) is 12.1 Å². The maximum Gasteiger partial charge on any atom is 0.296 e. The van der Waals surface area contributed by atoms with Crippen LogP contribution in [-0.4, -0.2) is 53.3 Å². The van der Waals surface area contributed by atoms with Crippen molar-refractivity contribution in [3.63, 3.8) is 0 Å². The van der Waals surface area contributed by atoms with Gasteiger partial charge in [-0.15, -0.1) is 0 Å². The molecule has 1 aromatic carbocycles. The number of benzene rings is 1. The first-order chi connectivity index (χ1) is 11.1. The minimum Gasteiger partial charge on any atom is -0.270 e. The Bertz CT molecular complexity index is 529. The third kappa shape index (κ3) is 9.76. The molecule has 0 atom stereocenters. The van der Waals surface area contributed by atoms with E-state index >= 15 is 0 Å². The smallest absolute Gasteiger partial charge is 0.270 e. The molecule has 1 aromatic rings. The zero-order valence-corrected chi connectivity index (χ0v) is 18.5. The molecule has 0 bridgehead atoms. The molecule has 3 nitrogen and oxygen atoms in total. The van der Waals surface area contributed by atoms with Gasteiger partial charge in [0, 0.05) is 37.7 Å². The Morgan fingerprint density at radius 1 is 0.833 bits per heavy atom. The Labute approximate surface area is 178 Å². The van der Waals surface area contributed by atoms with Gasteiger partial charge in [0.1, 0.15) is 0 Å². The van der Waals surface area contributed by atoms with E-state index < -0.39 is 10.1 Å². The molecule has 1 rings (SSSR count). The molecule has 24 heavy (non-hydrogen) atoms. The maximum atomic E-state index is 11.9. The summed E-state index contributed by atoms with van der Waals surface area (Å²) in [6.45, 7) is 2.25. The first-order valence-corrected chi connectivity index (χ1v) is 10.4. The van der Waals surface area contributed by atoms with Gasteiger partial charge in [0.25, 0.3) is 10.1 Å². The summed E-state index contributed by atoms with van der Waals surface area (Å²) in [6, 6.07) is 7.15. The van der Waals surface area contributed by atoms with Crippen molar-refractivity contribution in [3.05, 3.63) is 29.8 Å². The molecule has 0 amide bonds. The van der Waals surface area contributed by atoms with Crippen molar-refractivity contribution in [1.29, 1.82) is 0 Å². The molecular formula is C19H32CaO3S. The van der Waals surface area contributed by atoms with Crippen LogP contribution in [0, 0.1) is 0 Å². The Morgan fingerprint density at radius 3 is 1.88 bits per heavy atom. The second-order valence-electron chi connectivity index (χ2n) is 6.16. The van der Waals surface area contributed by atoms with Gasteiger partial charge in [-0.05, 0) is 24.5 Å². The molecular weight excluding hydrogens is 348 g/mol. The summed E-state index contributed by atoms with van der Waals surface area (Å²) in [5.74, 6) is 0. The van der Waals surface area contributed by atoms with Crippen molar-refractivity contribution in [2.45, 2.75) is 82.4 Å². The Kier molecular flexibility index (Phi) is 14.8. The zero-order valence-electron chi connectivity index (χ0n) is 15.4. The average molecular weight is 381 g/mol. The molecule has 0 aliphatic rings. The average Bonchev–Trinajstić information content (AvgIpc) is 2.57. The van der Waals surface area contributed by atoms with Gasteiger partial charge in [-0.3, -0.25) is 4.18 Å². The van der Waals surface area contributed by atoms with Crippen LogP contribution in [0.25, 0.3) is 0 Å². The number of unbranched alkanes of at least 4 members (excludes halogenated alkanes) is 9. The van der Waals surface area contributed by atoms with Crippen molar-refractivity contribution >= 4 is 47.9 Å². The third-order valence-electron chi connectivity index (χ3n) is 4.26. The number of aryl methyl sites for hydroxylation is 1. The molecule has 0 fully saturated rings. The van der Waals surface area contributed by atoms with E-state index in [4.69, 9.17) is 0 Å². The third-order valence-corrected chi connectivity index (χ3v) is 5.64. The topological polar surface area (TPSA) is 43.4 Å². The Morgan fingerprint density at radius 2 is 1.33 bits per heavy atom. The van der Waals surface area contributed by atoms with Crippen LogP contribution in [0.15, 0.2) is 29.2 Å². The molecule has 0 heterocycles. The van der Waals surface area contributed by atoms with Gasteiger partial charge in [0.2, 0.25) is 0 Å². The minimum absolute atomic E-state index is 0. The molecule has 0 aliphatic heterocycles. The predicted molar refractivity (Wildman–Crippen MR) is 102 cm³/mol. The van der Waals surface area contributed by atoms with Crippen LogP contribution >= 0.6 is 0 Å². The largest absolute Gasteiger partial charge is 0.296 e. The van der Waals surface area contributed by atoms with Crippen LogP contribution < -0.4 is 0 Å². The second kappa shape index (κ2) is 14.5. The molecule has 2 radical (unpaired) electrons. The van der Waals surface area contributed by atoms with Crippen LogP contribution in [0.1, 0.15) is 76.7 Å². The maximum absolute atomic E-state index is 11.9. The summed E-state index contributed by atoms with van der Waals surface area (Å²) in [5, 5.41) is 0. The standard InChI is InChI=1S/C19H32O3S.Ca/c1-3-4-5-6-7-8-9-10-11-12-15-18-16-13-14-17-19(18)23(20,21)22-2;/h13-14,16-17H,3-12,15H2,1-2H3;. The molecule has 5 heteroatoms. The molecule has 0 aromatic heterocycles. The summed E-state index contributed by atoms with van der Waals surface area (Å²) in [6.07, 6.45) is 13.6. The Hall–Kier alpha value is 0.390. The van der Waals surface area contributed by atoms with E-state index in [-0.39, 0.29) is 37.7 Å². The first-order valence-electron chi connectivity index (χ1n) is 9.00. The van der Waals surface area contributed by atoms with Crippen LogP contribution in [0.3, 0.4) is 0 Å². The molecule has 134 valence electrons. The fourth-order valence-corrected chi connectivity index (χ4v) is 3.76. The van der Waals surface area contributed by atoms with Crippen molar-refractivity contribution in [1.82, 2.24) is 0 Å². The molecule has 0 unspecified atom stereocenters. The van der Waals surface area contributed by atoms with Crippen LogP contribution in [-0.2, 0) is 20.7 Å². The van der Waals surface area contributed by atoms with E-state index in [1.165, 1.54) is 58.5 Å². The quantitative estimate of drug-likeness (QED) is 0.271. The summed E-state index contributed by atoms with van der Waals surface area (Å²) in [4.78, 5) is 0.318. The second-order valence-corrected chi connectivity index (χ2v) is 7.84. The van der Waals surface area contributed by atoms with Crippen molar-refractivity contribution < 1.29 is 12.6 Å². The normalized spacial score (nSPS) is 11.2. The SMILES string of the molecule is CCCCCCCCCCCCc1ccccc1S(=O)(=O)OC.[Ca]. The van der Waals surface area contributed by atoms with E-state index in [0.29, 0.717) is 4.90 Å². The summed E-state index contributed by atoms with van der Waals surface area (Å²) >= 11 is 0. The molecule has 0 saturated heterocycles. The zero-order chi connectivity index (χ0) is 17.0. The van der Waals surface area contributed by atoms with E-state index in [1.54, 1.807) is 12.1 Å². The Balaban J connectivity index is 0.00000529. The van der Waals surface area contributed by atoms with Gasteiger partial charge >= 0.3 is 0 Å². The van der Waals surface area contributed by atoms with Crippen molar-refractivity contribution in [2.24, 2.45) is 0 Å².